The Kier molecular flexibility index (Phi) is 10.2. The average molecular weight is 826 g/mol. The molecule has 45 heavy (non-hydrogen) atoms. The van der Waals surface area contributed by atoms with Crippen LogP contribution in [-0.4, -0.2) is 23.2 Å². The molecule has 0 atom stereocenters. The quantitative estimate of drug-likeness (QED) is 0.128. The van der Waals surface area contributed by atoms with Gasteiger partial charge in [0.1, 0.15) is 5.58 Å². The molecule has 7 aromatic rings. The molecular formula is C40H36GeIrN2O-2. The summed E-state index contributed by atoms with van der Waals surface area (Å²) >= 11 is -1.72. The SMILES string of the molecule is CC(C)c1ccnc(-c2[c-]cc3oc4cccc(-c5ccccc5)c4c3c2)c1.[CH3][Ge]([CH3])([CH3])[c]1ccc(-c2[c-]cccc2)nc1.[Ir]. The van der Waals surface area contributed by atoms with Crippen LogP contribution in [0.25, 0.3) is 55.6 Å². The zero-order chi connectivity index (χ0) is 30.7. The van der Waals surface area contributed by atoms with E-state index in [0.29, 0.717) is 5.92 Å². The molecule has 0 saturated carbocycles. The van der Waals surface area contributed by atoms with Crippen LogP contribution >= 0.6 is 0 Å². The number of hydrogen-bond donors (Lipinski definition) is 0. The molecule has 3 heterocycles. The molecule has 1 radical (unpaired) electrons. The van der Waals surface area contributed by atoms with E-state index in [0.717, 1.165) is 44.5 Å². The predicted molar refractivity (Wildman–Crippen MR) is 187 cm³/mol. The summed E-state index contributed by atoms with van der Waals surface area (Å²) in [6, 6.07) is 43.8. The molecule has 0 amide bonds. The molecule has 0 aliphatic carbocycles. The first-order valence-electron chi connectivity index (χ1n) is 15.1. The van der Waals surface area contributed by atoms with E-state index in [2.05, 4.69) is 114 Å². The molecule has 0 spiro atoms. The smallest absolute Gasteiger partial charge is 0 e. The number of nitrogens with zero attached hydrogens (tertiary/aromatic N) is 2. The summed E-state index contributed by atoms with van der Waals surface area (Å²) in [5, 5.41) is 2.24. The zero-order valence-electron chi connectivity index (χ0n) is 26.3. The fourth-order valence-corrected chi connectivity index (χ4v) is 7.45. The van der Waals surface area contributed by atoms with Crippen molar-refractivity contribution < 1.29 is 24.5 Å². The van der Waals surface area contributed by atoms with E-state index in [1.54, 1.807) is 0 Å². The molecule has 227 valence electrons. The van der Waals surface area contributed by atoms with Crippen molar-refractivity contribution in [2.24, 2.45) is 0 Å². The number of rotatable bonds is 5. The largest absolute Gasteiger partial charge is 0 e. The molecule has 0 N–H and O–H groups in total. The molecule has 0 unspecified atom stereocenters. The van der Waals surface area contributed by atoms with Crippen LogP contribution < -0.4 is 4.40 Å². The van der Waals surface area contributed by atoms with Crippen LogP contribution in [0, 0.1) is 12.1 Å². The first-order valence-corrected chi connectivity index (χ1v) is 22.4. The van der Waals surface area contributed by atoms with Gasteiger partial charge in [-0.3, -0.25) is 0 Å². The number of hydrogen-bond acceptors (Lipinski definition) is 3. The second kappa shape index (κ2) is 14.1. The topological polar surface area (TPSA) is 38.9 Å². The summed E-state index contributed by atoms with van der Waals surface area (Å²) in [7, 11) is 0. The van der Waals surface area contributed by atoms with Crippen LogP contribution in [-0.2, 0) is 20.1 Å². The minimum atomic E-state index is -1.72. The summed E-state index contributed by atoms with van der Waals surface area (Å²) in [4.78, 5) is 9.11. The van der Waals surface area contributed by atoms with Gasteiger partial charge in [0.05, 0.1) is 5.58 Å². The Bertz CT molecular complexity index is 2010. The third-order valence-corrected chi connectivity index (χ3v) is 12.1. The van der Waals surface area contributed by atoms with Gasteiger partial charge in [0, 0.05) is 31.7 Å². The molecule has 0 aliphatic rings. The molecule has 5 heteroatoms. The van der Waals surface area contributed by atoms with Gasteiger partial charge in [0.15, 0.2) is 0 Å². The van der Waals surface area contributed by atoms with Crippen molar-refractivity contribution >= 4 is 39.6 Å². The van der Waals surface area contributed by atoms with E-state index in [-0.39, 0.29) is 20.1 Å². The Hall–Kier alpha value is -3.83. The summed E-state index contributed by atoms with van der Waals surface area (Å²) in [6.45, 7) is 4.39. The van der Waals surface area contributed by atoms with E-state index in [9.17, 15) is 0 Å². The molecule has 7 rings (SSSR count). The third kappa shape index (κ3) is 7.36. The fraction of sp³-hybridized carbons (Fsp3) is 0.150. The summed E-state index contributed by atoms with van der Waals surface area (Å²) in [6.07, 6.45) is 3.92. The molecule has 0 aliphatic heterocycles. The Balaban J connectivity index is 0.000000202. The zero-order valence-corrected chi connectivity index (χ0v) is 30.8. The minimum absolute atomic E-state index is 0. The van der Waals surface area contributed by atoms with Crippen molar-refractivity contribution in [3.8, 4) is 33.6 Å². The van der Waals surface area contributed by atoms with Crippen LogP contribution in [0.4, 0.5) is 0 Å². The van der Waals surface area contributed by atoms with E-state index >= 15 is 0 Å². The number of aromatic nitrogens is 2. The Morgan fingerprint density at radius 1 is 0.711 bits per heavy atom. The second-order valence-corrected chi connectivity index (χ2v) is 23.0. The first kappa shape index (κ1) is 32.6. The van der Waals surface area contributed by atoms with Crippen molar-refractivity contribution in [3.63, 3.8) is 0 Å². The molecule has 0 bridgehead atoms. The Morgan fingerprint density at radius 2 is 1.51 bits per heavy atom. The molecular weight excluding hydrogens is 789 g/mol. The van der Waals surface area contributed by atoms with Crippen LogP contribution in [0.1, 0.15) is 25.3 Å². The normalized spacial score (nSPS) is 11.2. The monoisotopic (exact) mass is 827 g/mol. The molecule has 0 saturated heterocycles. The van der Waals surface area contributed by atoms with Crippen LogP contribution in [0.3, 0.4) is 0 Å². The maximum atomic E-state index is 6.12. The fourth-order valence-electron chi connectivity index (χ4n) is 5.28. The minimum Gasteiger partial charge on any atom is 0 e. The van der Waals surface area contributed by atoms with Crippen LogP contribution in [0.5, 0.6) is 0 Å². The number of benzene rings is 4. The van der Waals surface area contributed by atoms with Crippen molar-refractivity contribution in [1.82, 2.24) is 9.97 Å². The summed E-state index contributed by atoms with van der Waals surface area (Å²) in [5.41, 5.74) is 9.39. The van der Waals surface area contributed by atoms with Crippen molar-refractivity contribution in [2.75, 3.05) is 0 Å². The van der Waals surface area contributed by atoms with Gasteiger partial charge in [-0.15, -0.1) is 23.8 Å². The van der Waals surface area contributed by atoms with Gasteiger partial charge in [-0.25, -0.2) is 0 Å². The average Bonchev–Trinajstić information content (AvgIpc) is 3.44. The van der Waals surface area contributed by atoms with Gasteiger partial charge in [-0.2, -0.15) is 0 Å². The summed E-state index contributed by atoms with van der Waals surface area (Å²) < 4.78 is 7.56. The van der Waals surface area contributed by atoms with Crippen molar-refractivity contribution in [1.29, 1.82) is 0 Å². The van der Waals surface area contributed by atoms with Gasteiger partial charge >= 0.3 is 99.8 Å². The van der Waals surface area contributed by atoms with Gasteiger partial charge in [-0.1, -0.05) is 73.3 Å². The van der Waals surface area contributed by atoms with Gasteiger partial charge in [-0.05, 0) is 34.9 Å². The molecule has 3 nitrogen and oxygen atoms in total. The first-order chi connectivity index (χ1) is 21.3. The molecule has 0 fully saturated rings. The summed E-state index contributed by atoms with van der Waals surface area (Å²) in [5.74, 6) is 7.60. The number of fused-ring (bicyclic) bond motifs is 3. The second-order valence-electron chi connectivity index (χ2n) is 12.4. The predicted octanol–water partition coefficient (Wildman–Crippen LogP) is 10.3. The van der Waals surface area contributed by atoms with Crippen molar-refractivity contribution in [2.45, 2.75) is 37.0 Å². The van der Waals surface area contributed by atoms with Crippen LogP contribution in [0.15, 0.2) is 126 Å². The number of furan rings is 1. The van der Waals surface area contributed by atoms with Crippen LogP contribution in [0.2, 0.25) is 17.3 Å². The van der Waals surface area contributed by atoms with Gasteiger partial charge < -0.3 is 9.40 Å². The molecule has 3 aromatic heterocycles. The maximum Gasteiger partial charge on any atom is 0 e. The van der Waals surface area contributed by atoms with Crippen molar-refractivity contribution in [3.05, 3.63) is 139 Å². The van der Waals surface area contributed by atoms with E-state index < -0.39 is 13.3 Å². The van der Waals surface area contributed by atoms with E-state index in [4.69, 9.17) is 4.42 Å². The maximum absolute atomic E-state index is 6.12. The Morgan fingerprint density at radius 3 is 2.20 bits per heavy atom. The molecule has 4 aromatic carbocycles. The van der Waals surface area contributed by atoms with Gasteiger partial charge in [0.25, 0.3) is 0 Å². The Labute approximate surface area is 282 Å². The number of pyridine rings is 2. The third-order valence-electron chi connectivity index (χ3n) is 7.85. The standard InChI is InChI=1S/C26H20NO.C14H16GeN.Ir/c1-17(2)19-13-14-27-23(16-19)20-11-12-24-22(15-20)26-21(9-6-10-25(26)28-24)18-7-4-3-5-8-18;1-15(2,3)13-9-10-14(16-11-13)12-7-5-4-6-8-12;/h3-10,12-17H,1-2H3;4-7,9-11H,1-3H3;/q2*-1;. The van der Waals surface area contributed by atoms with Gasteiger partial charge in [0.2, 0.25) is 0 Å². The van der Waals surface area contributed by atoms with E-state index in [1.165, 1.54) is 21.1 Å². The van der Waals surface area contributed by atoms with E-state index in [1.807, 2.05) is 60.9 Å².